The van der Waals surface area contributed by atoms with Gasteiger partial charge in [-0.15, -0.1) is 0 Å². The molecule has 17 heavy (non-hydrogen) atoms. The lowest BCUT2D eigenvalue weighted by Gasteiger charge is -2.23. The van der Waals surface area contributed by atoms with Crippen LogP contribution >= 0.6 is 0 Å². The van der Waals surface area contributed by atoms with Gasteiger partial charge in [0.1, 0.15) is 0 Å². The van der Waals surface area contributed by atoms with Crippen LogP contribution in [0.4, 0.5) is 0 Å². The zero-order valence-corrected chi connectivity index (χ0v) is 10.9. The third kappa shape index (κ3) is 3.83. The summed E-state index contributed by atoms with van der Waals surface area (Å²) >= 11 is 0. The Kier molecular flexibility index (Phi) is 4.57. The normalized spacial score (nSPS) is 24.4. The van der Waals surface area contributed by atoms with E-state index in [4.69, 9.17) is 4.74 Å². The first-order chi connectivity index (χ1) is 8.25. The van der Waals surface area contributed by atoms with Crippen LogP contribution in [0.1, 0.15) is 38.7 Å². The lowest BCUT2D eigenvalue weighted by atomic mass is 10.2. The highest BCUT2D eigenvalue weighted by atomic mass is 16.5. The van der Waals surface area contributed by atoms with Gasteiger partial charge in [-0.3, -0.25) is 0 Å². The third-order valence-electron chi connectivity index (χ3n) is 3.31. The molecule has 0 saturated heterocycles. The van der Waals surface area contributed by atoms with E-state index in [2.05, 4.69) is 43.4 Å². The summed E-state index contributed by atoms with van der Waals surface area (Å²) in [7, 11) is 0. The smallest absolute Gasteiger partial charge is 0.0732 e. The van der Waals surface area contributed by atoms with Crippen molar-refractivity contribution < 1.29 is 4.74 Å². The molecule has 0 aromatic heterocycles. The molecular formula is C15H23NO. The number of hydrogen-bond donors (Lipinski definition) is 1. The molecule has 94 valence electrons. The quantitative estimate of drug-likeness (QED) is 0.843. The minimum atomic E-state index is 0.387. The summed E-state index contributed by atoms with van der Waals surface area (Å²) in [6.07, 6.45) is 4.11. The Balaban J connectivity index is 1.82. The summed E-state index contributed by atoms with van der Waals surface area (Å²) in [5.41, 5.74) is 1.27. The third-order valence-corrected chi connectivity index (χ3v) is 3.31. The molecule has 0 spiro atoms. The molecule has 1 N–H and O–H groups in total. The van der Waals surface area contributed by atoms with Crippen LogP contribution in [-0.2, 0) is 11.3 Å². The number of nitrogens with one attached hydrogen (secondary N) is 1. The highest BCUT2D eigenvalue weighted by molar-refractivity contribution is 5.13. The number of hydrogen-bond acceptors (Lipinski definition) is 2. The van der Waals surface area contributed by atoms with Crippen molar-refractivity contribution in [3.05, 3.63) is 35.9 Å². The maximum absolute atomic E-state index is 6.04. The van der Waals surface area contributed by atoms with Crippen LogP contribution in [0.15, 0.2) is 30.3 Å². The molecule has 2 heteroatoms. The molecule has 0 heterocycles. The van der Waals surface area contributed by atoms with E-state index in [0.717, 1.165) is 6.61 Å². The summed E-state index contributed by atoms with van der Waals surface area (Å²) in [5, 5.41) is 3.60. The monoisotopic (exact) mass is 233 g/mol. The number of rotatable bonds is 5. The molecule has 1 fully saturated rings. The molecule has 0 bridgehead atoms. The van der Waals surface area contributed by atoms with Crippen molar-refractivity contribution in [2.45, 2.75) is 57.9 Å². The molecule has 0 radical (unpaired) electrons. The topological polar surface area (TPSA) is 21.3 Å². The van der Waals surface area contributed by atoms with Gasteiger partial charge in [0, 0.05) is 12.1 Å². The number of ether oxygens (including phenoxy) is 1. The van der Waals surface area contributed by atoms with Gasteiger partial charge in [0.15, 0.2) is 0 Å². The van der Waals surface area contributed by atoms with E-state index in [-0.39, 0.29) is 0 Å². The Morgan fingerprint density at radius 3 is 2.71 bits per heavy atom. The molecule has 0 amide bonds. The molecular weight excluding hydrogens is 210 g/mol. The maximum Gasteiger partial charge on any atom is 0.0732 e. The van der Waals surface area contributed by atoms with Crippen molar-refractivity contribution in [3.63, 3.8) is 0 Å². The Bertz CT molecular complexity index is 323. The molecule has 1 aromatic rings. The average Bonchev–Trinajstić information content (AvgIpc) is 2.74. The lowest BCUT2D eigenvalue weighted by Crippen LogP contribution is -2.41. The predicted molar refractivity (Wildman–Crippen MR) is 70.9 cm³/mol. The average molecular weight is 233 g/mol. The van der Waals surface area contributed by atoms with Crippen LogP contribution in [-0.4, -0.2) is 18.2 Å². The van der Waals surface area contributed by atoms with Crippen LogP contribution in [0, 0.1) is 0 Å². The van der Waals surface area contributed by atoms with E-state index in [9.17, 15) is 0 Å². The predicted octanol–water partition coefficient (Wildman–Crippen LogP) is 3.12. The molecule has 2 unspecified atom stereocenters. The van der Waals surface area contributed by atoms with E-state index in [1.807, 2.05) is 6.07 Å². The Morgan fingerprint density at radius 1 is 1.24 bits per heavy atom. The van der Waals surface area contributed by atoms with Crippen molar-refractivity contribution in [2.75, 3.05) is 0 Å². The van der Waals surface area contributed by atoms with Crippen molar-refractivity contribution in [1.82, 2.24) is 5.32 Å². The van der Waals surface area contributed by atoms with Crippen molar-refractivity contribution >= 4 is 0 Å². The fourth-order valence-corrected chi connectivity index (χ4v) is 2.52. The molecule has 2 atom stereocenters. The Morgan fingerprint density at radius 2 is 2.00 bits per heavy atom. The van der Waals surface area contributed by atoms with Gasteiger partial charge in [0.25, 0.3) is 0 Å². The molecule has 2 rings (SSSR count). The van der Waals surface area contributed by atoms with Crippen LogP contribution in [0.2, 0.25) is 0 Å². The first-order valence-corrected chi connectivity index (χ1v) is 6.67. The molecule has 2 nitrogen and oxygen atoms in total. The van der Waals surface area contributed by atoms with Gasteiger partial charge in [0.2, 0.25) is 0 Å². The van der Waals surface area contributed by atoms with Crippen LogP contribution in [0.25, 0.3) is 0 Å². The summed E-state index contributed by atoms with van der Waals surface area (Å²) in [6.45, 7) is 5.14. The highest BCUT2D eigenvalue weighted by Crippen LogP contribution is 2.23. The largest absolute Gasteiger partial charge is 0.372 e. The van der Waals surface area contributed by atoms with Gasteiger partial charge in [-0.25, -0.2) is 0 Å². The first kappa shape index (κ1) is 12.6. The SMILES string of the molecule is CC(C)NC1CCCC1OCc1ccccc1. The minimum absolute atomic E-state index is 0.387. The van der Waals surface area contributed by atoms with Gasteiger partial charge >= 0.3 is 0 Å². The van der Waals surface area contributed by atoms with E-state index >= 15 is 0 Å². The summed E-state index contributed by atoms with van der Waals surface area (Å²) in [5.74, 6) is 0. The van der Waals surface area contributed by atoms with Crippen molar-refractivity contribution in [3.8, 4) is 0 Å². The standard InChI is InChI=1S/C15H23NO/c1-12(2)16-14-9-6-10-15(14)17-11-13-7-4-3-5-8-13/h3-5,7-8,12,14-16H,6,9-11H2,1-2H3. The zero-order chi connectivity index (χ0) is 12.1. The van der Waals surface area contributed by atoms with E-state index < -0.39 is 0 Å². The zero-order valence-electron chi connectivity index (χ0n) is 10.9. The molecule has 1 aromatic carbocycles. The van der Waals surface area contributed by atoms with Gasteiger partial charge in [-0.1, -0.05) is 44.2 Å². The Labute approximate surface area is 104 Å². The van der Waals surface area contributed by atoms with E-state index in [1.54, 1.807) is 0 Å². The van der Waals surface area contributed by atoms with Crippen molar-refractivity contribution in [2.24, 2.45) is 0 Å². The van der Waals surface area contributed by atoms with Crippen molar-refractivity contribution in [1.29, 1.82) is 0 Å². The van der Waals surface area contributed by atoms with Gasteiger partial charge in [-0.05, 0) is 24.8 Å². The van der Waals surface area contributed by atoms with Crippen LogP contribution in [0.3, 0.4) is 0 Å². The number of benzene rings is 1. The van der Waals surface area contributed by atoms with Gasteiger partial charge < -0.3 is 10.1 Å². The fourth-order valence-electron chi connectivity index (χ4n) is 2.52. The second-order valence-electron chi connectivity index (χ2n) is 5.19. The van der Waals surface area contributed by atoms with Crippen LogP contribution < -0.4 is 5.32 Å². The highest BCUT2D eigenvalue weighted by Gasteiger charge is 2.27. The lowest BCUT2D eigenvalue weighted by molar-refractivity contribution is 0.0262. The summed E-state index contributed by atoms with van der Waals surface area (Å²) in [4.78, 5) is 0. The van der Waals surface area contributed by atoms with Gasteiger partial charge in [0.05, 0.1) is 12.7 Å². The summed E-state index contributed by atoms with van der Waals surface area (Å²) in [6, 6.07) is 11.5. The van der Waals surface area contributed by atoms with Gasteiger partial charge in [-0.2, -0.15) is 0 Å². The maximum atomic E-state index is 6.04. The summed E-state index contributed by atoms with van der Waals surface area (Å²) < 4.78 is 6.04. The minimum Gasteiger partial charge on any atom is -0.372 e. The molecule has 1 aliphatic rings. The first-order valence-electron chi connectivity index (χ1n) is 6.67. The van der Waals surface area contributed by atoms with E-state index in [0.29, 0.717) is 18.2 Å². The molecule has 1 saturated carbocycles. The molecule has 0 aliphatic heterocycles. The Hall–Kier alpha value is -0.860. The second kappa shape index (κ2) is 6.18. The fraction of sp³-hybridized carbons (Fsp3) is 0.600. The van der Waals surface area contributed by atoms with E-state index in [1.165, 1.54) is 24.8 Å². The van der Waals surface area contributed by atoms with Crippen LogP contribution in [0.5, 0.6) is 0 Å². The second-order valence-corrected chi connectivity index (χ2v) is 5.19. The molecule has 1 aliphatic carbocycles.